The van der Waals surface area contributed by atoms with E-state index in [1.165, 1.54) is 23.1 Å². The van der Waals surface area contributed by atoms with Crippen molar-refractivity contribution in [2.45, 2.75) is 52.7 Å². The van der Waals surface area contributed by atoms with Gasteiger partial charge in [-0.1, -0.05) is 6.07 Å². The molecule has 2 heterocycles. The Morgan fingerprint density at radius 3 is 2.67 bits per heavy atom. The van der Waals surface area contributed by atoms with E-state index in [2.05, 4.69) is 20.5 Å². The number of aliphatic imine (C=N–C) groups is 1. The minimum Gasteiger partial charge on any atom is -0.357 e. The smallest absolute Gasteiger partial charge is 0.191 e. The maximum atomic E-state index is 14.0. The van der Waals surface area contributed by atoms with Crippen LogP contribution < -0.4 is 10.6 Å². The molecule has 1 saturated heterocycles. The molecule has 0 amide bonds. The van der Waals surface area contributed by atoms with E-state index in [4.69, 9.17) is 4.99 Å². The predicted molar refractivity (Wildman–Crippen MR) is 130 cm³/mol. The van der Waals surface area contributed by atoms with Gasteiger partial charge in [0.2, 0.25) is 0 Å². The van der Waals surface area contributed by atoms with Gasteiger partial charge < -0.3 is 10.6 Å². The molecule has 1 atom stereocenters. The Balaban J connectivity index is 0.00000320. The van der Waals surface area contributed by atoms with E-state index in [-0.39, 0.29) is 42.1 Å². The number of benzene rings is 1. The summed E-state index contributed by atoms with van der Waals surface area (Å²) in [4.78, 5) is 12.4. The number of rotatable bonds is 6. The maximum Gasteiger partial charge on any atom is 0.191 e. The summed E-state index contributed by atoms with van der Waals surface area (Å²) in [6, 6.07) is 4.22. The summed E-state index contributed by atoms with van der Waals surface area (Å²) in [5.41, 5.74) is 1.17. The summed E-state index contributed by atoms with van der Waals surface area (Å²) in [5.74, 6) is -0.197. The molecule has 1 aliphatic heterocycles. The molecule has 166 valence electrons. The SMILES string of the molecule is CCNC(=NCc1sc(C)nc1C)NC1CCCN(Cc2c(F)cccc2F)C1.I. The van der Waals surface area contributed by atoms with Crippen molar-refractivity contribution in [1.82, 2.24) is 20.5 Å². The van der Waals surface area contributed by atoms with Crippen molar-refractivity contribution < 1.29 is 8.78 Å². The molecule has 1 aromatic heterocycles. The molecule has 1 aromatic carbocycles. The number of nitrogens with one attached hydrogen (secondary N) is 2. The van der Waals surface area contributed by atoms with Crippen LogP contribution in [0, 0.1) is 25.5 Å². The average molecular weight is 549 g/mol. The molecule has 1 fully saturated rings. The number of hydrogen-bond donors (Lipinski definition) is 2. The van der Waals surface area contributed by atoms with Gasteiger partial charge in [0.05, 0.1) is 17.2 Å². The number of piperidine rings is 1. The van der Waals surface area contributed by atoms with Crippen molar-refractivity contribution >= 4 is 41.3 Å². The Morgan fingerprint density at radius 2 is 2.03 bits per heavy atom. The molecule has 0 bridgehead atoms. The van der Waals surface area contributed by atoms with Gasteiger partial charge in [-0.3, -0.25) is 4.90 Å². The highest BCUT2D eigenvalue weighted by Crippen LogP contribution is 2.19. The van der Waals surface area contributed by atoms with Gasteiger partial charge in [0.15, 0.2) is 5.96 Å². The van der Waals surface area contributed by atoms with Crippen LogP contribution in [-0.2, 0) is 13.1 Å². The highest BCUT2D eigenvalue weighted by atomic mass is 127. The summed E-state index contributed by atoms with van der Waals surface area (Å²) in [5, 5.41) is 7.84. The van der Waals surface area contributed by atoms with Gasteiger partial charge in [0, 0.05) is 36.1 Å². The van der Waals surface area contributed by atoms with Gasteiger partial charge >= 0.3 is 0 Å². The second kappa shape index (κ2) is 11.9. The van der Waals surface area contributed by atoms with Crippen LogP contribution >= 0.6 is 35.3 Å². The van der Waals surface area contributed by atoms with Crippen LogP contribution in [0.4, 0.5) is 8.78 Å². The van der Waals surface area contributed by atoms with Gasteiger partial charge in [-0.15, -0.1) is 35.3 Å². The third-order valence-corrected chi connectivity index (χ3v) is 6.07. The zero-order valence-corrected chi connectivity index (χ0v) is 20.8. The molecule has 2 N–H and O–H groups in total. The minimum atomic E-state index is -0.481. The van der Waals surface area contributed by atoms with E-state index < -0.39 is 11.6 Å². The normalized spacial score (nSPS) is 17.5. The van der Waals surface area contributed by atoms with Gasteiger partial charge in [0.1, 0.15) is 11.6 Å². The first-order chi connectivity index (χ1) is 14.0. The summed E-state index contributed by atoms with van der Waals surface area (Å²) in [6.07, 6.45) is 1.97. The lowest BCUT2D eigenvalue weighted by Crippen LogP contribution is -2.51. The molecule has 1 aliphatic rings. The van der Waals surface area contributed by atoms with Crippen molar-refractivity contribution in [3.8, 4) is 0 Å². The zero-order chi connectivity index (χ0) is 20.8. The van der Waals surface area contributed by atoms with Gasteiger partial charge in [-0.05, 0) is 52.3 Å². The summed E-state index contributed by atoms with van der Waals surface area (Å²) in [7, 11) is 0. The van der Waals surface area contributed by atoms with Crippen LogP contribution in [-0.4, -0.2) is 41.5 Å². The average Bonchev–Trinajstić information content (AvgIpc) is 3.00. The molecular formula is C21H30F2IN5S. The highest BCUT2D eigenvalue weighted by molar-refractivity contribution is 14.0. The maximum absolute atomic E-state index is 14.0. The van der Waals surface area contributed by atoms with E-state index in [1.807, 2.05) is 20.8 Å². The standard InChI is InChI=1S/C21H29F2N5S.HI/c1-4-24-21(25-11-20-14(2)26-15(3)29-20)27-16-7-6-10-28(12-16)13-17-18(22)8-5-9-19(17)23;/h5,8-9,16H,4,6-7,10-13H2,1-3H3,(H2,24,25,27);1H. The van der Waals surface area contributed by atoms with Crippen molar-refractivity contribution in [1.29, 1.82) is 0 Å². The van der Waals surface area contributed by atoms with Gasteiger partial charge in [0.25, 0.3) is 0 Å². The first-order valence-corrected chi connectivity index (χ1v) is 10.9. The quantitative estimate of drug-likeness (QED) is 0.319. The van der Waals surface area contributed by atoms with E-state index in [1.54, 1.807) is 11.3 Å². The van der Waals surface area contributed by atoms with E-state index in [9.17, 15) is 8.78 Å². The lowest BCUT2D eigenvalue weighted by atomic mass is 10.0. The molecule has 9 heteroatoms. The fourth-order valence-corrected chi connectivity index (χ4v) is 4.47. The van der Waals surface area contributed by atoms with Crippen LogP contribution in [0.3, 0.4) is 0 Å². The molecule has 0 aliphatic carbocycles. The van der Waals surface area contributed by atoms with E-state index in [0.717, 1.165) is 49.1 Å². The van der Waals surface area contributed by atoms with Crippen LogP contribution in [0.1, 0.15) is 40.9 Å². The number of likely N-dealkylation sites (tertiary alicyclic amines) is 1. The number of guanidine groups is 1. The number of aromatic nitrogens is 1. The number of thiazole rings is 1. The van der Waals surface area contributed by atoms with Crippen molar-refractivity contribution in [3.63, 3.8) is 0 Å². The monoisotopic (exact) mass is 549 g/mol. The fourth-order valence-electron chi connectivity index (χ4n) is 3.61. The third-order valence-electron chi connectivity index (χ3n) is 5.01. The Kier molecular flexibility index (Phi) is 9.89. The van der Waals surface area contributed by atoms with Crippen molar-refractivity contribution in [3.05, 3.63) is 51.0 Å². The van der Waals surface area contributed by atoms with Gasteiger partial charge in [-0.25, -0.2) is 18.8 Å². The molecular weight excluding hydrogens is 519 g/mol. The molecule has 1 unspecified atom stereocenters. The third kappa shape index (κ3) is 6.84. The zero-order valence-electron chi connectivity index (χ0n) is 17.7. The molecule has 3 rings (SSSR count). The summed E-state index contributed by atoms with van der Waals surface area (Å²) >= 11 is 1.67. The number of nitrogens with zero attached hydrogens (tertiary/aromatic N) is 3. The van der Waals surface area contributed by atoms with Crippen molar-refractivity contribution in [2.75, 3.05) is 19.6 Å². The molecule has 30 heavy (non-hydrogen) atoms. The topological polar surface area (TPSA) is 52.6 Å². The lowest BCUT2D eigenvalue weighted by Gasteiger charge is -2.34. The van der Waals surface area contributed by atoms with Crippen LogP contribution in [0.5, 0.6) is 0 Å². The first-order valence-electron chi connectivity index (χ1n) is 10.1. The van der Waals surface area contributed by atoms with Crippen molar-refractivity contribution in [2.24, 2.45) is 4.99 Å². The van der Waals surface area contributed by atoms with Crippen LogP contribution in [0.25, 0.3) is 0 Å². The Labute approximate surface area is 198 Å². The first kappa shape index (κ1) is 24.9. The van der Waals surface area contributed by atoms with Gasteiger partial charge in [-0.2, -0.15) is 0 Å². The Bertz CT molecular complexity index is 838. The highest BCUT2D eigenvalue weighted by Gasteiger charge is 2.22. The predicted octanol–water partition coefficient (Wildman–Crippen LogP) is 4.38. The van der Waals surface area contributed by atoms with E-state index >= 15 is 0 Å². The molecule has 5 nitrogen and oxygen atoms in total. The summed E-state index contributed by atoms with van der Waals surface area (Å²) < 4.78 is 28.0. The fraction of sp³-hybridized carbons (Fsp3) is 0.524. The number of aryl methyl sites for hydroxylation is 2. The molecule has 0 radical (unpaired) electrons. The largest absolute Gasteiger partial charge is 0.357 e. The lowest BCUT2D eigenvalue weighted by molar-refractivity contribution is 0.188. The molecule has 2 aromatic rings. The minimum absolute atomic E-state index is 0. The number of halogens is 3. The second-order valence-corrected chi connectivity index (χ2v) is 8.64. The summed E-state index contributed by atoms with van der Waals surface area (Å²) in [6.45, 7) is 9.23. The van der Waals surface area contributed by atoms with Crippen LogP contribution in [0.2, 0.25) is 0 Å². The van der Waals surface area contributed by atoms with E-state index in [0.29, 0.717) is 6.54 Å². The second-order valence-electron chi connectivity index (χ2n) is 7.36. The Hall–Kier alpha value is -1.33. The molecule has 0 saturated carbocycles. The number of hydrogen-bond acceptors (Lipinski definition) is 4. The van der Waals surface area contributed by atoms with Crippen LogP contribution in [0.15, 0.2) is 23.2 Å². The Morgan fingerprint density at radius 1 is 1.30 bits per heavy atom. The molecule has 0 spiro atoms.